The van der Waals surface area contributed by atoms with Gasteiger partial charge in [0, 0.05) is 12.2 Å². The lowest BCUT2D eigenvalue weighted by molar-refractivity contribution is -0.120. The lowest BCUT2D eigenvalue weighted by Gasteiger charge is -2.34. The van der Waals surface area contributed by atoms with Crippen LogP contribution in [-0.4, -0.2) is 16.8 Å². The molecule has 0 spiro atoms. The van der Waals surface area contributed by atoms with Crippen molar-refractivity contribution in [1.29, 1.82) is 5.26 Å². The Kier molecular flexibility index (Phi) is 3.28. The lowest BCUT2D eigenvalue weighted by atomic mass is 10.1. The minimum absolute atomic E-state index is 0.317. The number of carbonyl (C=O) groups excluding carboxylic acids is 1. The van der Waals surface area contributed by atoms with Crippen LogP contribution in [0, 0.1) is 11.3 Å². The van der Waals surface area contributed by atoms with Crippen molar-refractivity contribution in [2.75, 3.05) is 11.4 Å². The molecule has 0 N–H and O–H groups in total. The van der Waals surface area contributed by atoms with Gasteiger partial charge in [-0.25, -0.2) is 0 Å². The van der Waals surface area contributed by atoms with Crippen LogP contribution in [-0.2, 0) is 4.79 Å². The van der Waals surface area contributed by atoms with Gasteiger partial charge in [0.2, 0.25) is 0 Å². The fourth-order valence-electron chi connectivity index (χ4n) is 1.85. The molecule has 0 atom stereocenters. The second-order valence-electron chi connectivity index (χ2n) is 3.93. The number of hydrogen-bond acceptors (Lipinski definition) is 2. The van der Waals surface area contributed by atoms with Gasteiger partial charge in [-0.05, 0) is 31.0 Å². The number of anilines is 1. The molecule has 1 saturated heterocycles. The number of carbonyl (C=O) groups is 1. The quantitative estimate of drug-likeness (QED) is 0.736. The predicted octanol–water partition coefficient (Wildman–Crippen LogP) is 2.86. The van der Waals surface area contributed by atoms with Crippen LogP contribution in [0.1, 0.15) is 18.4 Å². The van der Waals surface area contributed by atoms with Crippen LogP contribution < -0.4 is 4.90 Å². The molecule has 0 unspecified atom stereocenters. The van der Waals surface area contributed by atoms with Crippen LogP contribution in [0.4, 0.5) is 5.69 Å². The zero-order valence-corrected chi connectivity index (χ0v) is 10.5. The summed E-state index contributed by atoms with van der Waals surface area (Å²) in [5.74, 6) is -0.317. The van der Waals surface area contributed by atoms with Crippen molar-refractivity contribution < 1.29 is 4.79 Å². The molecule has 0 radical (unpaired) electrons. The van der Waals surface area contributed by atoms with Crippen molar-refractivity contribution in [3.8, 4) is 6.07 Å². The van der Waals surface area contributed by atoms with E-state index < -0.39 is 4.33 Å². The van der Waals surface area contributed by atoms with Crippen LogP contribution >= 0.6 is 23.2 Å². The number of halogens is 2. The molecule has 1 heterocycles. The van der Waals surface area contributed by atoms with E-state index in [0.29, 0.717) is 24.2 Å². The van der Waals surface area contributed by atoms with E-state index >= 15 is 0 Å². The first-order chi connectivity index (χ1) is 8.04. The minimum Gasteiger partial charge on any atom is -0.310 e. The van der Waals surface area contributed by atoms with Gasteiger partial charge in [0.15, 0.2) is 4.33 Å². The number of benzene rings is 1. The summed E-state index contributed by atoms with van der Waals surface area (Å²) >= 11 is 11.9. The summed E-state index contributed by atoms with van der Waals surface area (Å²) in [4.78, 5) is 13.6. The van der Waals surface area contributed by atoms with E-state index in [9.17, 15) is 4.79 Å². The van der Waals surface area contributed by atoms with Crippen LogP contribution in [0.2, 0.25) is 0 Å². The lowest BCUT2D eigenvalue weighted by Crippen LogP contribution is -2.47. The first-order valence-electron chi connectivity index (χ1n) is 5.24. The molecule has 88 valence electrons. The maximum absolute atomic E-state index is 12.0. The average Bonchev–Trinajstić information content (AvgIpc) is 2.33. The van der Waals surface area contributed by atoms with Gasteiger partial charge in [0.05, 0.1) is 11.6 Å². The van der Waals surface area contributed by atoms with Gasteiger partial charge in [0.1, 0.15) is 0 Å². The Labute approximate surface area is 110 Å². The molecule has 0 bridgehead atoms. The normalized spacial score (nSPS) is 18.9. The molecule has 0 aliphatic carbocycles. The first-order valence-corrected chi connectivity index (χ1v) is 6.00. The largest absolute Gasteiger partial charge is 0.310 e. The van der Waals surface area contributed by atoms with Gasteiger partial charge in [0.25, 0.3) is 5.91 Å². The number of piperidine rings is 1. The van der Waals surface area contributed by atoms with E-state index in [4.69, 9.17) is 28.5 Å². The second kappa shape index (κ2) is 4.56. The molecule has 17 heavy (non-hydrogen) atoms. The summed E-state index contributed by atoms with van der Waals surface area (Å²) in [7, 11) is 0. The zero-order chi connectivity index (χ0) is 12.5. The molecule has 1 aliphatic rings. The van der Waals surface area contributed by atoms with Crippen molar-refractivity contribution >= 4 is 34.8 Å². The van der Waals surface area contributed by atoms with Crippen LogP contribution in [0.15, 0.2) is 24.3 Å². The molecule has 1 amide bonds. The SMILES string of the molecule is N#Cc1cccc(N2CCCC(Cl)(Cl)C2=O)c1. The van der Waals surface area contributed by atoms with Gasteiger partial charge in [-0.3, -0.25) is 4.79 Å². The van der Waals surface area contributed by atoms with Gasteiger partial charge in [-0.15, -0.1) is 0 Å². The van der Waals surface area contributed by atoms with E-state index in [1.54, 1.807) is 24.3 Å². The van der Waals surface area contributed by atoms with Crippen molar-refractivity contribution in [2.24, 2.45) is 0 Å². The molecule has 3 nitrogen and oxygen atoms in total. The van der Waals surface area contributed by atoms with Crippen molar-refractivity contribution in [3.63, 3.8) is 0 Å². The summed E-state index contributed by atoms with van der Waals surface area (Å²) < 4.78 is -1.35. The van der Waals surface area contributed by atoms with E-state index in [1.165, 1.54) is 4.90 Å². The number of hydrogen-bond donors (Lipinski definition) is 0. The highest BCUT2D eigenvalue weighted by Gasteiger charge is 2.41. The maximum Gasteiger partial charge on any atom is 0.263 e. The Balaban J connectivity index is 2.33. The van der Waals surface area contributed by atoms with Gasteiger partial charge < -0.3 is 4.90 Å². The number of rotatable bonds is 1. The standard InChI is InChI=1S/C12H10Cl2N2O/c13-12(14)5-2-6-16(11(12)17)10-4-1-3-9(7-10)8-15/h1,3-4,7H,2,5-6H2. The molecule has 1 aromatic carbocycles. The van der Waals surface area contributed by atoms with Crippen molar-refractivity contribution in [1.82, 2.24) is 0 Å². The summed E-state index contributed by atoms with van der Waals surface area (Å²) in [6, 6.07) is 8.89. The predicted molar refractivity (Wildman–Crippen MR) is 67.2 cm³/mol. The third-order valence-corrected chi connectivity index (χ3v) is 3.42. The van der Waals surface area contributed by atoms with Crippen LogP contribution in [0.5, 0.6) is 0 Å². The fraction of sp³-hybridized carbons (Fsp3) is 0.333. The molecule has 1 aliphatic heterocycles. The molecule has 1 fully saturated rings. The Morgan fingerprint density at radius 2 is 2.18 bits per heavy atom. The molecule has 0 saturated carbocycles. The zero-order valence-electron chi connectivity index (χ0n) is 8.99. The highest BCUT2D eigenvalue weighted by atomic mass is 35.5. The monoisotopic (exact) mass is 268 g/mol. The molecular weight excluding hydrogens is 259 g/mol. The van der Waals surface area contributed by atoms with Crippen LogP contribution in [0.25, 0.3) is 0 Å². The van der Waals surface area contributed by atoms with E-state index in [0.717, 1.165) is 6.42 Å². The Morgan fingerprint density at radius 1 is 1.41 bits per heavy atom. The summed E-state index contributed by atoms with van der Waals surface area (Å²) in [5.41, 5.74) is 1.18. The fourth-order valence-corrected chi connectivity index (χ4v) is 2.33. The summed E-state index contributed by atoms with van der Waals surface area (Å²) in [6.45, 7) is 0.578. The third kappa shape index (κ3) is 2.38. The Bertz CT molecular complexity index is 494. The van der Waals surface area contributed by atoms with Gasteiger partial charge in [-0.1, -0.05) is 29.3 Å². The Morgan fingerprint density at radius 3 is 2.88 bits per heavy atom. The molecule has 2 rings (SSSR count). The average molecular weight is 269 g/mol. The number of nitriles is 1. The molecule has 5 heteroatoms. The third-order valence-electron chi connectivity index (χ3n) is 2.72. The maximum atomic E-state index is 12.0. The van der Waals surface area contributed by atoms with Crippen molar-refractivity contribution in [2.45, 2.75) is 17.2 Å². The Hall–Kier alpha value is -1.24. The van der Waals surface area contributed by atoms with E-state index in [1.807, 2.05) is 6.07 Å². The number of nitrogens with zero attached hydrogens (tertiary/aromatic N) is 2. The summed E-state index contributed by atoms with van der Waals surface area (Å²) in [6.07, 6.45) is 1.21. The topological polar surface area (TPSA) is 44.1 Å². The van der Waals surface area contributed by atoms with Crippen LogP contribution in [0.3, 0.4) is 0 Å². The molecular formula is C12H10Cl2N2O. The smallest absolute Gasteiger partial charge is 0.263 e. The number of amides is 1. The highest BCUT2D eigenvalue weighted by Crippen LogP contribution is 2.35. The van der Waals surface area contributed by atoms with E-state index in [2.05, 4.69) is 0 Å². The number of alkyl halides is 2. The highest BCUT2D eigenvalue weighted by molar-refractivity contribution is 6.59. The van der Waals surface area contributed by atoms with E-state index in [-0.39, 0.29) is 5.91 Å². The van der Waals surface area contributed by atoms with Crippen molar-refractivity contribution in [3.05, 3.63) is 29.8 Å². The molecule has 0 aromatic heterocycles. The van der Waals surface area contributed by atoms with Gasteiger partial charge >= 0.3 is 0 Å². The first kappa shape index (κ1) is 12.2. The molecule has 1 aromatic rings. The summed E-state index contributed by atoms with van der Waals surface area (Å²) in [5, 5.41) is 8.82. The second-order valence-corrected chi connectivity index (χ2v) is 5.41. The minimum atomic E-state index is -1.35. The van der Waals surface area contributed by atoms with Gasteiger partial charge in [-0.2, -0.15) is 5.26 Å².